The van der Waals surface area contributed by atoms with Crippen LogP contribution >= 0.6 is 0 Å². The van der Waals surface area contributed by atoms with Gasteiger partial charge in [-0.15, -0.1) is 17.2 Å². The molecule has 0 N–H and O–H groups in total. The molecule has 0 saturated carbocycles. The van der Waals surface area contributed by atoms with Crippen molar-refractivity contribution in [1.82, 2.24) is 0 Å². The van der Waals surface area contributed by atoms with Crippen LogP contribution in [0.15, 0.2) is 78.9 Å². The first-order valence-corrected chi connectivity index (χ1v) is 7.53. The summed E-state index contributed by atoms with van der Waals surface area (Å²) < 4.78 is 0. The van der Waals surface area contributed by atoms with Crippen LogP contribution in [0.3, 0.4) is 0 Å². The Morgan fingerprint density at radius 1 is 0.870 bits per heavy atom. The van der Waals surface area contributed by atoms with Crippen molar-refractivity contribution >= 4 is 5.78 Å². The van der Waals surface area contributed by atoms with Crippen molar-refractivity contribution in [3.63, 3.8) is 0 Å². The second kappa shape index (κ2) is 8.67. The van der Waals surface area contributed by atoms with Gasteiger partial charge in [0, 0.05) is 17.1 Å². The first-order valence-electron chi connectivity index (χ1n) is 7.53. The zero-order valence-electron chi connectivity index (χ0n) is 13.8. The fraction of sp³-hybridized carbons (Fsp3) is 0.190. The summed E-state index contributed by atoms with van der Waals surface area (Å²) in [5, 5.41) is 0. The molecule has 0 atom stereocenters. The van der Waals surface area contributed by atoms with E-state index in [1.54, 1.807) is 0 Å². The fourth-order valence-electron chi connectivity index (χ4n) is 2.34. The van der Waals surface area contributed by atoms with Gasteiger partial charge in [0.2, 0.25) is 0 Å². The third-order valence-corrected chi connectivity index (χ3v) is 3.46. The van der Waals surface area contributed by atoms with E-state index < -0.39 is 0 Å². The minimum absolute atomic E-state index is 0. The van der Waals surface area contributed by atoms with Crippen molar-refractivity contribution in [1.29, 1.82) is 0 Å². The van der Waals surface area contributed by atoms with Gasteiger partial charge in [-0.1, -0.05) is 51.1 Å². The van der Waals surface area contributed by atoms with Crippen LogP contribution in [-0.2, 0) is 22.5 Å². The van der Waals surface area contributed by atoms with Gasteiger partial charge in [-0.3, -0.25) is 0 Å². The molecule has 0 bridgehead atoms. The van der Waals surface area contributed by atoms with Crippen molar-refractivity contribution < 1.29 is 21.9 Å². The molecule has 0 aliphatic rings. The van der Waals surface area contributed by atoms with E-state index in [1.807, 2.05) is 78.9 Å². The van der Waals surface area contributed by atoms with Crippen LogP contribution in [0.2, 0.25) is 0 Å². The maximum Gasteiger partial charge on any atom is 0.107 e. The van der Waals surface area contributed by atoms with Gasteiger partial charge in [0.15, 0.2) is 0 Å². The van der Waals surface area contributed by atoms with Crippen LogP contribution < -0.4 is 0 Å². The quantitative estimate of drug-likeness (QED) is 0.348. The van der Waals surface area contributed by atoms with Gasteiger partial charge in [0.1, 0.15) is 5.78 Å². The molecule has 0 aliphatic heterocycles. The summed E-state index contributed by atoms with van der Waals surface area (Å²) in [6.45, 7) is 6.39. The zero-order chi connectivity index (χ0) is 16.0. The van der Waals surface area contributed by atoms with Crippen molar-refractivity contribution in [3.8, 4) is 0 Å². The summed E-state index contributed by atoms with van der Waals surface area (Å²) in [6, 6.07) is 25.3. The van der Waals surface area contributed by atoms with E-state index in [9.17, 15) is 4.79 Å². The van der Waals surface area contributed by atoms with Gasteiger partial charge in [-0.05, 0) is 11.0 Å². The molecular weight excluding hydrogens is 324 g/mol. The Morgan fingerprint density at radius 2 is 1.39 bits per heavy atom. The molecule has 0 radical (unpaired) electrons. The molecule has 0 heterocycles. The monoisotopic (exact) mass is 346 g/mol. The molecule has 0 aromatic heterocycles. The molecule has 0 spiro atoms. The summed E-state index contributed by atoms with van der Waals surface area (Å²) in [5.74, 6) is 0.112. The topological polar surface area (TPSA) is 17.1 Å². The van der Waals surface area contributed by atoms with Crippen LogP contribution in [-0.4, -0.2) is 5.78 Å². The van der Waals surface area contributed by atoms with Crippen molar-refractivity contribution in [2.45, 2.75) is 26.2 Å². The van der Waals surface area contributed by atoms with E-state index in [4.69, 9.17) is 0 Å². The molecule has 3 rings (SSSR count). The fourth-order valence-corrected chi connectivity index (χ4v) is 2.34. The molecular formula is C21H22FeO-6. The minimum Gasteiger partial charge on any atom is -0.748 e. The molecule has 3 aromatic rings. The molecule has 0 amide bonds. The van der Waals surface area contributed by atoms with Gasteiger partial charge in [0.05, 0.1) is 0 Å². The second-order valence-corrected chi connectivity index (χ2v) is 6.26. The van der Waals surface area contributed by atoms with E-state index in [0.29, 0.717) is 0 Å². The minimum atomic E-state index is 0. The third-order valence-electron chi connectivity index (χ3n) is 3.46. The summed E-state index contributed by atoms with van der Waals surface area (Å²) in [4.78, 5) is 12.4. The van der Waals surface area contributed by atoms with E-state index in [2.05, 4.69) is 20.8 Å². The summed E-state index contributed by atoms with van der Waals surface area (Å²) in [7, 11) is 0. The third kappa shape index (κ3) is 5.35. The Hall–Kier alpha value is -1.89. The maximum atomic E-state index is 12.4. The van der Waals surface area contributed by atoms with Crippen molar-refractivity contribution in [2.24, 2.45) is 0 Å². The number of carbonyl (C=O) groups is 1. The predicted octanol–water partition coefficient (Wildman–Crippen LogP) is 5.34. The van der Waals surface area contributed by atoms with Crippen LogP contribution in [0.4, 0.5) is 0 Å². The molecule has 23 heavy (non-hydrogen) atoms. The molecule has 0 unspecified atom stereocenters. The molecule has 0 fully saturated rings. The van der Waals surface area contributed by atoms with E-state index in [-0.39, 0.29) is 28.3 Å². The van der Waals surface area contributed by atoms with Gasteiger partial charge in [0.25, 0.3) is 0 Å². The molecule has 1 nitrogen and oxygen atoms in total. The largest absolute Gasteiger partial charge is 0.748 e. The van der Waals surface area contributed by atoms with Crippen LogP contribution in [0, 0.1) is 0 Å². The molecule has 2 heteroatoms. The first-order chi connectivity index (χ1) is 10.5. The zero-order valence-corrected chi connectivity index (χ0v) is 14.9. The van der Waals surface area contributed by atoms with Gasteiger partial charge >= 0.3 is 0 Å². The Labute approximate surface area is 149 Å². The van der Waals surface area contributed by atoms with E-state index in [0.717, 1.165) is 16.7 Å². The van der Waals surface area contributed by atoms with Crippen LogP contribution in [0.25, 0.3) is 0 Å². The Balaban J connectivity index is 0.000000377. The molecule has 126 valence electrons. The molecule has 0 aliphatic carbocycles. The summed E-state index contributed by atoms with van der Waals surface area (Å²) in [6.07, 6.45) is 0. The number of benzene rings is 1. The average Bonchev–Trinajstić information content (AvgIpc) is 3.20. The first kappa shape index (κ1) is 19.2. The van der Waals surface area contributed by atoms with E-state index in [1.165, 1.54) is 0 Å². The normalized spacial score (nSPS) is 10.2. The van der Waals surface area contributed by atoms with E-state index >= 15 is 0 Å². The average molecular weight is 346 g/mol. The Kier molecular flexibility index (Phi) is 7.22. The molecule has 0 saturated heterocycles. The maximum absolute atomic E-state index is 12.4. The van der Waals surface area contributed by atoms with Crippen molar-refractivity contribution in [3.05, 3.63) is 95.6 Å². The number of carbonyl (C=O) groups excluding carboxylic acids is 1. The molecule has 3 aromatic carbocycles. The number of hydrogen-bond acceptors (Lipinski definition) is 1. The number of hydrogen-bond donors (Lipinski definition) is 0. The number of ketones is 1. The van der Waals surface area contributed by atoms with Crippen LogP contribution in [0.5, 0.6) is 0 Å². The smallest absolute Gasteiger partial charge is 0.107 e. The Morgan fingerprint density at radius 3 is 1.87 bits per heavy atom. The summed E-state index contributed by atoms with van der Waals surface area (Å²) in [5.41, 5.74) is 2.70. The predicted molar refractivity (Wildman–Crippen MR) is 92.6 cm³/mol. The second-order valence-electron chi connectivity index (χ2n) is 6.26. The standard InChI is InChI=1S/C16H17O.C5H5.Fe/c1-16(2,3)14-11-7-10-13(14)15(17)12-8-5-4-6-9-12;1-2-4-5-3-1;/h4-11H,1-3H3;1-5H;/q-1;-5;. The van der Waals surface area contributed by atoms with Gasteiger partial charge < -0.3 is 35.1 Å². The van der Waals surface area contributed by atoms with Crippen LogP contribution in [0.1, 0.15) is 42.3 Å². The van der Waals surface area contributed by atoms with Gasteiger partial charge in [-0.2, -0.15) is 12.1 Å². The Bertz CT molecular complexity index is 668. The number of rotatable bonds is 2. The van der Waals surface area contributed by atoms with Gasteiger partial charge in [-0.25, -0.2) is 0 Å². The SMILES string of the molecule is CC(C)(C)[c-]1cccc1C(=O)c1ccccc1.[Fe].[cH-]1[cH-][cH-][cH-][cH-]1. The van der Waals surface area contributed by atoms with Crippen molar-refractivity contribution in [2.75, 3.05) is 0 Å². The summed E-state index contributed by atoms with van der Waals surface area (Å²) >= 11 is 0.